The predicted molar refractivity (Wildman–Crippen MR) is 69.2 cm³/mol. The molecule has 5 heteroatoms. The Balaban J connectivity index is 2.87. The first-order chi connectivity index (χ1) is 8.10. The number of nitrogens with one attached hydrogen (secondary N) is 1. The van der Waals surface area contributed by atoms with Crippen molar-refractivity contribution in [3.63, 3.8) is 0 Å². The Morgan fingerprint density at radius 3 is 2.94 bits per heavy atom. The molecule has 3 N–H and O–H groups in total. The summed E-state index contributed by atoms with van der Waals surface area (Å²) in [6.07, 6.45) is 2.56. The van der Waals surface area contributed by atoms with Gasteiger partial charge in [-0.15, -0.1) is 0 Å². The van der Waals surface area contributed by atoms with Gasteiger partial charge in [-0.25, -0.2) is 0 Å². The second-order valence-corrected chi connectivity index (χ2v) is 4.02. The molecule has 0 aliphatic rings. The third-order valence-corrected chi connectivity index (χ3v) is 2.86. The highest BCUT2D eigenvalue weighted by atomic mass is 16.1. The molecular weight excluding hydrogens is 216 g/mol. The molecule has 1 amide bonds. The van der Waals surface area contributed by atoms with Crippen molar-refractivity contribution in [1.82, 2.24) is 10.3 Å². The van der Waals surface area contributed by atoms with Gasteiger partial charge in [-0.2, -0.15) is 0 Å². The minimum atomic E-state index is -0.174. The first kappa shape index (κ1) is 13.4. The standard InChI is InChI=1S/C12H20N4O/c1-9(4-6-13)16(3)10-5-7-15-11(8-10)12(17)14-2/h5,7-9H,4,6,13H2,1-3H3,(H,14,17). The van der Waals surface area contributed by atoms with Crippen LogP contribution in [0.2, 0.25) is 0 Å². The first-order valence-corrected chi connectivity index (χ1v) is 5.71. The van der Waals surface area contributed by atoms with Gasteiger partial charge in [0, 0.05) is 32.0 Å². The maximum atomic E-state index is 11.5. The van der Waals surface area contributed by atoms with E-state index >= 15 is 0 Å². The fourth-order valence-corrected chi connectivity index (χ4v) is 1.58. The first-order valence-electron chi connectivity index (χ1n) is 5.71. The van der Waals surface area contributed by atoms with Crippen molar-refractivity contribution in [1.29, 1.82) is 0 Å². The summed E-state index contributed by atoms with van der Waals surface area (Å²) in [4.78, 5) is 17.6. The maximum Gasteiger partial charge on any atom is 0.269 e. The molecule has 1 rings (SSSR count). The largest absolute Gasteiger partial charge is 0.372 e. The second-order valence-electron chi connectivity index (χ2n) is 4.02. The van der Waals surface area contributed by atoms with Gasteiger partial charge in [0.25, 0.3) is 5.91 Å². The number of hydrogen-bond donors (Lipinski definition) is 2. The summed E-state index contributed by atoms with van der Waals surface area (Å²) >= 11 is 0. The molecule has 1 aromatic heterocycles. The number of pyridine rings is 1. The number of carbonyl (C=O) groups excluding carboxylic acids is 1. The fourth-order valence-electron chi connectivity index (χ4n) is 1.58. The second kappa shape index (κ2) is 6.20. The Morgan fingerprint density at radius 1 is 1.65 bits per heavy atom. The number of rotatable bonds is 5. The Labute approximate surface area is 102 Å². The predicted octanol–water partition coefficient (Wildman–Crippen LogP) is 0.615. The summed E-state index contributed by atoms with van der Waals surface area (Å²) in [5, 5.41) is 2.56. The van der Waals surface area contributed by atoms with Gasteiger partial charge in [-0.3, -0.25) is 9.78 Å². The topological polar surface area (TPSA) is 71.2 Å². The van der Waals surface area contributed by atoms with Crippen molar-refractivity contribution in [3.8, 4) is 0 Å². The van der Waals surface area contributed by atoms with Gasteiger partial charge in [0.1, 0.15) is 5.69 Å². The number of carbonyl (C=O) groups is 1. The van der Waals surface area contributed by atoms with E-state index in [4.69, 9.17) is 5.73 Å². The van der Waals surface area contributed by atoms with E-state index in [9.17, 15) is 4.79 Å². The minimum Gasteiger partial charge on any atom is -0.372 e. The maximum absolute atomic E-state index is 11.5. The minimum absolute atomic E-state index is 0.174. The molecule has 0 radical (unpaired) electrons. The van der Waals surface area contributed by atoms with E-state index in [2.05, 4.69) is 22.1 Å². The van der Waals surface area contributed by atoms with Crippen LogP contribution in [-0.4, -0.2) is 37.6 Å². The molecule has 17 heavy (non-hydrogen) atoms. The van der Waals surface area contributed by atoms with Crippen LogP contribution in [0.4, 0.5) is 5.69 Å². The van der Waals surface area contributed by atoms with E-state index in [-0.39, 0.29) is 5.91 Å². The summed E-state index contributed by atoms with van der Waals surface area (Å²) in [6, 6.07) is 4.01. The Hall–Kier alpha value is -1.62. The molecular formula is C12H20N4O. The zero-order valence-corrected chi connectivity index (χ0v) is 10.6. The highest BCUT2D eigenvalue weighted by Crippen LogP contribution is 2.16. The van der Waals surface area contributed by atoms with Gasteiger partial charge >= 0.3 is 0 Å². The molecule has 0 spiro atoms. The molecule has 0 saturated carbocycles. The third kappa shape index (κ3) is 3.42. The van der Waals surface area contributed by atoms with Crippen molar-refractivity contribution in [3.05, 3.63) is 24.0 Å². The molecule has 0 aromatic carbocycles. The van der Waals surface area contributed by atoms with E-state index in [1.807, 2.05) is 13.1 Å². The Bertz CT molecular complexity index is 381. The third-order valence-electron chi connectivity index (χ3n) is 2.86. The van der Waals surface area contributed by atoms with Crippen LogP contribution in [0.1, 0.15) is 23.8 Å². The molecule has 94 valence electrons. The molecule has 0 bridgehead atoms. The van der Waals surface area contributed by atoms with E-state index in [1.165, 1.54) is 0 Å². The molecule has 1 aromatic rings. The summed E-state index contributed by atoms with van der Waals surface area (Å²) in [7, 11) is 3.58. The highest BCUT2D eigenvalue weighted by Gasteiger charge is 2.12. The van der Waals surface area contributed by atoms with Crippen molar-refractivity contribution in [2.24, 2.45) is 5.73 Å². The lowest BCUT2D eigenvalue weighted by Gasteiger charge is -2.26. The molecule has 0 saturated heterocycles. The summed E-state index contributed by atoms with van der Waals surface area (Å²) in [6.45, 7) is 2.76. The average Bonchev–Trinajstić information content (AvgIpc) is 2.37. The molecule has 1 unspecified atom stereocenters. The van der Waals surface area contributed by atoms with Crippen LogP contribution >= 0.6 is 0 Å². The number of anilines is 1. The molecule has 0 aliphatic carbocycles. The number of nitrogens with zero attached hydrogens (tertiary/aromatic N) is 2. The summed E-state index contributed by atoms with van der Waals surface area (Å²) < 4.78 is 0. The highest BCUT2D eigenvalue weighted by molar-refractivity contribution is 5.92. The van der Waals surface area contributed by atoms with Gasteiger partial charge < -0.3 is 16.0 Å². The lowest BCUT2D eigenvalue weighted by atomic mass is 10.2. The van der Waals surface area contributed by atoms with Gasteiger partial charge in [0.2, 0.25) is 0 Å². The van der Waals surface area contributed by atoms with Crippen molar-refractivity contribution in [2.75, 3.05) is 25.5 Å². The quantitative estimate of drug-likeness (QED) is 0.786. The SMILES string of the molecule is CNC(=O)c1cc(N(C)C(C)CCN)ccn1. The number of aromatic nitrogens is 1. The van der Waals surface area contributed by atoms with Gasteiger partial charge in [0.05, 0.1) is 0 Å². The van der Waals surface area contributed by atoms with E-state index in [1.54, 1.807) is 19.3 Å². The molecule has 0 aliphatic heterocycles. The van der Waals surface area contributed by atoms with Crippen LogP contribution in [-0.2, 0) is 0 Å². The van der Waals surface area contributed by atoms with Gasteiger partial charge in [-0.1, -0.05) is 0 Å². The van der Waals surface area contributed by atoms with E-state index in [0.29, 0.717) is 18.3 Å². The zero-order chi connectivity index (χ0) is 12.8. The lowest BCUT2D eigenvalue weighted by molar-refractivity contribution is 0.0958. The van der Waals surface area contributed by atoms with E-state index in [0.717, 1.165) is 12.1 Å². The van der Waals surface area contributed by atoms with Gasteiger partial charge in [0.15, 0.2) is 0 Å². The number of nitrogens with two attached hydrogens (primary N) is 1. The number of amides is 1. The van der Waals surface area contributed by atoms with Gasteiger partial charge in [-0.05, 0) is 32.0 Å². The summed E-state index contributed by atoms with van der Waals surface area (Å²) in [5.74, 6) is -0.174. The lowest BCUT2D eigenvalue weighted by Crippen LogP contribution is -2.31. The van der Waals surface area contributed by atoms with Crippen molar-refractivity contribution < 1.29 is 4.79 Å². The summed E-state index contributed by atoms with van der Waals surface area (Å²) in [5.41, 5.74) is 6.94. The van der Waals surface area contributed by atoms with Crippen molar-refractivity contribution >= 4 is 11.6 Å². The van der Waals surface area contributed by atoms with Crippen LogP contribution in [0.5, 0.6) is 0 Å². The van der Waals surface area contributed by atoms with Crippen LogP contribution in [0.25, 0.3) is 0 Å². The Kier molecular flexibility index (Phi) is 4.90. The van der Waals surface area contributed by atoms with Crippen LogP contribution in [0.15, 0.2) is 18.3 Å². The molecule has 1 heterocycles. The van der Waals surface area contributed by atoms with Crippen LogP contribution in [0.3, 0.4) is 0 Å². The molecule has 0 fully saturated rings. The van der Waals surface area contributed by atoms with Crippen LogP contribution in [0, 0.1) is 0 Å². The van der Waals surface area contributed by atoms with E-state index < -0.39 is 0 Å². The normalized spacial score (nSPS) is 12.0. The monoisotopic (exact) mass is 236 g/mol. The van der Waals surface area contributed by atoms with Crippen molar-refractivity contribution in [2.45, 2.75) is 19.4 Å². The smallest absolute Gasteiger partial charge is 0.269 e. The fraction of sp³-hybridized carbons (Fsp3) is 0.500. The average molecular weight is 236 g/mol. The molecule has 1 atom stereocenters. The molecule has 5 nitrogen and oxygen atoms in total. The number of hydrogen-bond acceptors (Lipinski definition) is 4. The zero-order valence-electron chi connectivity index (χ0n) is 10.6. The Morgan fingerprint density at radius 2 is 2.35 bits per heavy atom. The van der Waals surface area contributed by atoms with Crippen LogP contribution < -0.4 is 16.0 Å².